The largest absolute Gasteiger partial charge is 0.507 e. The number of aromatic nitrogens is 2. The van der Waals surface area contributed by atoms with Gasteiger partial charge in [0, 0.05) is 49.7 Å². The SMILES string of the molecule is CCC(=O)c1n[nH]c2cc(O)c(C(=O)N3Cc4ccc(N5CCOCC5)cc4C3)cc12. The van der Waals surface area contributed by atoms with Crippen LogP contribution in [0.4, 0.5) is 5.69 Å². The number of anilines is 1. The molecule has 160 valence electrons. The third-order valence-electron chi connectivity index (χ3n) is 6.07. The van der Waals surface area contributed by atoms with Gasteiger partial charge in [0.1, 0.15) is 11.4 Å². The number of phenols is 1. The molecule has 0 spiro atoms. The van der Waals surface area contributed by atoms with E-state index in [2.05, 4.69) is 33.3 Å². The number of ether oxygens (including phenoxy) is 1. The lowest BCUT2D eigenvalue weighted by Gasteiger charge is -2.29. The standard InChI is InChI=1S/C23H24N4O4/c1-2-20(28)22-17-10-18(21(29)11-19(17)24-25-22)23(30)27-12-14-3-4-16(9-15(14)13-27)26-5-7-31-8-6-26/h3-4,9-11,29H,2,5-8,12-13H2,1H3,(H,24,25). The van der Waals surface area contributed by atoms with Crippen molar-refractivity contribution in [3.63, 3.8) is 0 Å². The molecule has 0 saturated carbocycles. The van der Waals surface area contributed by atoms with Crippen LogP contribution in [-0.4, -0.2) is 58.2 Å². The number of Topliss-reactive ketones (excluding diaryl/α,β-unsaturated/α-hetero) is 1. The molecule has 0 atom stereocenters. The topological polar surface area (TPSA) is 98.8 Å². The van der Waals surface area contributed by atoms with Crippen LogP contribution < -0.4 is 4.90 Å². The fourth-order valence-electron chi connectivity index (χ4n) is 4.32. The van der Waals surface area contributed by atoms with Crippen molar-refractivity contribution in [3.8, 4) is 5.75 Å². The molecule has 2 aliphatic heterocycles. The molecular weight excluding hydrogens is 396 g/mol. The smallest absolute Gasteiger partial charge is 0.258 e. The van der Waals surface area contributed by atoms with Crippen LogP contribution >= 0.6 is 0 Å². The number of nitrogens with zero attached hydrogens (tertiary/aromatic N) is 3. The van der Waals surface area contributed by atoms with E-state index in [1.54, 1.807) is 17.9 Å². The number of nitrogens with one attached hydrogen (secondary N) is 1. The predicted octanol–water partition coefficient (Wildman–Crippen LogP) is 2.85. The van der Waals surface area contributed by atoms with Crippen molar-refractivity contribution < 1.29 is 19.4 Å². The molecule has 1 aromatic heterocycles. The summed E-state index contributed by atoms with van der Waals surface area (Å²) in [6, 6.07) is 9.34. The first kappa shape index (κ1) is 19.6. The number of aromatic hydroxyl groups is 1. The third-order valence-corrected chi connectivity index (χ3v) is 6.07. The summed E-state index contributed by atoms with van der Waals surface area (Å²) >= 11 is 0. The number of ketones is 1. The molecule has 3 aromatic rings. The number of morpholine rings is 1. The Hall–Kier alpha value is -3.39. The molecule has 1 fully saturated rings. The van der Waals surface area contributed by atoms with Crippen LogP contribution in [0.5, 0.6) is 5.75 Å². The van der Waals surface area contributed by atoms with Gasteiger partial charge < -0.3 is 19.6 Å². The summed E-state index contributed by atoms with van der Waals surface area (Å²) in [6.45, 7) is 5.90. The van der Waals surface area contributed by atoms with E-state index in [1.165, 1.54) is 6.07 Å². The van der Waals surface area contributed by atoms with Gasteiger partial charge in [-0.15, -0.1) is 0 Å². The Morgan fingerprint density at radius 1 is 1.13 bits per heavy atom. The number of phenolic OH excluding ortho intramolecular Hbond substituents is 1. The summed E-state index contributed by atoms with van der Waals surface area (Å²) in [5.41, 5.74) is 4.37. The van der Waals surface area contributed by atoms with Crippen LogP contribution in [0, 0.1) is 0 Å². The highest BCUT2D eigenvalue weighted by Gasteiger charge is 2.28. The molecule has 0 aliphatic carbocycles. The molecule has 2 aliphatic rings. The zero-order chi connectivity index (χ0) is 21.5. The fourth-order valence-corrected chi connectivity index (χ4v) is 4.32. The van der Waals surface area contributed by atoms with E-state index in [0.717, 1.165) is 43.1 Å². The van der Waals surface area contributed by atoms with Crippen LogP contribution in [-0.2, 0) is 17.8 Å². The van der Waals surface area contributed by atoms with Gasteiger partial charge in [-0.1, -0.05) is 13.0 Å². The molecule has 8 heteroatoms. The molecule has 1 amide bonds. The maximum Gasteiger partial charge on any atom is 0.258 e. The van der Waals surface area contributed by atoms with Gasteiger partial charge in [-0.3, -0.25) is 14.7 Å². The summed E-state index contributed by atoms with van der Waals surface area (Å²) in [6.07, 6.45) is 0.316. The van der Waals surface area contributed by atoms with Gasteiger partial charge in [0.25, 0.3) is 5.91 Å². The van der Waals surface area contributed by atoms with Crippen molar-refractivity contribution >= 4 is 28.3 Å². The summed E-state index contributed by atoms with van der Waals surface area (Å²) in [7, 11) is 0. The number of hydrogen-bond acceptors (Lipinski definition) is 6. The Bertz CT molecular complexity index is 1180. The number of aromatic amines is 1. The second-order valence-electron chi connectivity index (χ2n) is 7.98. The molecule has 2 N–H and O–H groups in total. The molecular formula is C23H24N4O4. The molecule has 0 radical (unpaired) electrons. The fraction of sp³-hybridized carbons (Fsp3) is 0.348. The number of carbonyl (C=O) groups excluding carboxylic acids is 2. The van der Waals surface area contributed by atoms with Gasteiger partial charge in [-0.2, -0.15) is 5.10 Å². The lowest BCUT2D eigenvalue weighted by atomic mass is 10.1. The average molecular weight is 420 g/mol. The minimum atomic E-state index is -0.264. The first-order valence-corrected chi connectivity index (χ1v) is 10.5. The monoisotopic (exact) mass is 420 g/mol. The minimum Gasteiger partial charge on any atom is -0.507 e. The molecule has 3 heterocycles. The number of H-pyrrole nitrogens is 1. The number of hydrogen-bond donors (Lipinski definition) is 2. The van der Waals surface area contributed by atoms with Gasteiger partial charge >= 0.3 is 0 Å². The molecule has 8 nitrogen and oxygen atoms in total. The van der Waals surface area contributed by atoms with Crippen molar-refractivity contribution in [2.75, 3.05) is 31.2 Å². The van der Waals surface area contributed by atoms with Crippen LogP contribution in [0.1, 0.15) is 45.3 Å². The van der Waals surface area contributed by atoms with E-state index >= 15 is 0 Å². The van der Waals surface area contributed by atoms with Crippen LogP contribution in [0.15, 0.2) is 30.3 Å². The minimum absolute atomic E-state index is 0.112. The zero-order valence-electron chi connectivity index (χ0n) is 17.4. The van der Waals surface area contributed by atoms with Gasteiger partial charge in [0.2, 0.25) is 0 Å². The van der Waals surface area contributed by atoms with Crippen LogP contribution in [0.2, 0.25) is 0 Å². The van der Waals surface area contributed by atoms with Crippen molar-refractivity contribution in [2.45, 2.75) is 26.4 Å². The molecule has 1 saturated heterocycles. The Kier molecular flexibility index (Phi) is 4.86. The highest BCUT2D eigenvalue weighted by Crippen LogP contribution is 2.32. The maximum absolute atomic E-state index is 13.3. The maximum atomic E-state index is 13.3. The van der Waals surface area contributed by atoms with Gasteiger partial charge in [-0.25, -0.2) is 0 Å². The van der Waals surface area contributed by atoms with E-state index in [1.807, 2.05) is 0 Å². The summed E-state index contributed by atoms with van der Waals surface area (Å²) in [5, 5.41) is 17.9. The number of rotatable bonds is 4. The first-order chi connectivity index (χ1) is 15.0. The molecule has 5 rings (SSSR count). The zero-order valence-corrected chi connectivity index (χ0v) is 17.4. The van der Waals surface area contributed by atoms with Crippen molar-refractivity contribution in [2.24, 2.45) is 0 Å². The highest BCUT2D eigenvalue weighted by molar-refractivity contribution is 6.09. The molecule has 2 aromatic carbocycles. The van der Waals surface area contributed by atoms with E-state index in [4.69, 9.17) is 4.74 Å². The van der Waals surface area contributed by atoms with Crippen LogP contribution in [0.25, 0.3) is 10.9 Å². The Labute approximate surface area is 179 Å². The quantitative estimate of drug-likeness (QED) is 0.630. The van der Waals surface area contributed by atoms with E-state index in [-0.39, 0.29) is 23.0 Å². The normalized spacial score (nSPS) is 16.0. The van der Waals surface area contributed by atoms with Crippen molar-refractivity contribution in [1.29, 1.82) is 0 Å². The summed E-state index contributed by atoms with van der Waals surface area (Å²) in [5.74, 6) is -0.499. The predicted molar refractivity (Wildman–Crippen MR) is 115 cm³/mol. The van der Waals surface area contributed by atoms with Crippen LogP contribution in [0.3, 0.4) is 0 Å². The summed E-state index contributed by atoms with van der Waals surface area (Å²) in [4.78, 5) is 29.4. The second-order valence-corrected chi connectivity index (χ2v) is 7.98. The van der Waals surface area contributed by atoms with Gasteiger partial charge in [0.05, 0.1) is 24.3 Å². The van der Waals surface area contributed by atoms with E-state index in [9.17, 15) is 14.7 Å². The Balaban J connectivity index is 1.41. The lowest BCUT2D eigenvalue weighted by molar-refractivity contribution is 0.0748. The van der Waals surface area contributed by atoms with Gasteiger partial charge in [0.15, 0.2) is 5.78 Å². The average Bonchev–Trinajstić information content (AvgIpc) is 3.41. The number of carbonyl (C=O) groups is 2. The van der Waals surface area contributed by atoms with E-state index in [0.29, 0.717) is 36.1 Å². The van der Waals surface area contributed by atoms with Crippen molar-refractivity contribution in [1.82, 2.24) is 15.1 Å². The Morgan fingerprint density at radius 2 is 1.90 bits per heavy atom. The molecule has 31 heavy (non-hydrogen) atoms. The van der Waals surface area contributed by atoms with E-state index < -0.39 is 0 Å². The molecule has 0 bridgehead atoms. The first-order valence-electron chi connectivity index (χ1n) is 10.5. The third kappa shape index (κ3) is 3.42. The number of fused-ring (bicyclic) bond motifs is 2. The lowest BCUT2D eigenvalue weighted by Crippen LogP contribution is -2.36. The summed E-state index contributed by atoms with van der Waals surface area (Å²) < 4.78 is 5.43. The Morgan fingerprint density at radius 3 is 2.68 bits per heavy atom. The number of benzene rings is 2. The van der Waals surface area contributed by atoms with Crippen molar-refractivity contribution in [3.05, 3.63) is 52.7 Å². The highest BCUT2D eigenvalue weighted by atomic mass is 16.5. The second kappa shape index (κ2) is 7.70. The van der Waals surface area contributed by atoms with Gasteiger partial charge in [-0.05, 0) is 29.3 Å². The number of amides is 1. The molecule has 0 unspecified atom stereocenters.